The molecule has 13 heavy (non-hydrogen) atoms. The van der Waals surface area contributed by atoms with Gasteiger partial charge in [-0.1, -0.05) is 11.6 Å². The molecule has 0 bridgehead atoms. The summed E-state index contributed by atoms with van der Waals surface area (Å²) >= 11 is 5.55. The topological polar surface area (TPSA) is 75.3 Å². The molecule has 0 spiro atoms. The molecule has 0 aliphatic heterocycles. The summed E-state index contributed by atoms with van der Waals surface area (Å²) in [5, 5.41) is 10.2. The average Bonchev–Trinajstić information content (AvgIpc) is 2.06. The van der Waals surface area contributed by atoms with Crippen LogP contribution in [0.3, 0.4) is 0 Å². The van der Waals surface area contributed by atoms with Gasteiger partial charge in [-0.15, -0.1) is 0 Å². The van der Waals surface area contributed by atoms with E-state index in [2.05, 4.69) is 0 Å². The molecule has 4 nitrogen and oxygen atoms in total. The zero-order chi connectivity index (χ0) is 10.0. The summed E-state index contributed by atoms with van der Waals surface area (Å²) in [7, 11) is 0. The maximum atomic E-state index is 12.7. The molecule has 1 aromatic carbocycles. The lowest BCUT2D eigenvalue weighted by Gasteiger charge is -2.06. The van der Waals surface area contributed by atoms with Crippen molar-refractivity contribution in [3.8, 4) is 0 Å². The van der Waals surface area contributed by atoms with Gasteiger partial charge in [0, 0.05) is 0 Å². The average molecular weight is 205 g/mol. The first kappa shape index (κ1) is 9.60. The zero-order valence-electron chi connectivity index (χ0n) is 6.34. The minimum atomic E-state index is -1.28. The number of rotatable bonds is 1. The van der Waals surface area contributed by atoms with Crippen LogP contribution in [0.15, 0.2) is 12.1 Å². The highest BCUT2D eigenvalue weighted by Crippen LogP contribution is 2.29. The van der Waals surface area contributed by atoms with Gasteiger partial charge in [0.25, 0.3) is 0 Å². The lowest BCUT2D eigenvalue weighted by molar-refractivity contribution is 0.210. The Kier molecular flexibility index (Phi) is 2.57. The molecule has 0 aliphatic carbocycles. The van der Waals surface area contributed by atoms with Crippen LogP contribution in [0.5, 0.6) is 0 Å². The number of nitrogens with one attached hydrogen (secondary N) is 1. The number of halogens is 2. The van der Waals surface area contributed by atoms with Crippen molar-refractivity contribution in [2.75, 3.05) is 11.1 Å². The van der Waals surface area contributed by atoms with Gasteiger partial charge in [-0.05, 0) is 12.1 Å². The summed E-state index contributed by atoms with van der Waals surface area (Å²) < 4.78 is 12.7. The summed E-state index contributed by atoms with van der Waals surface area (Å²) in [6.07, 6.45) is -1.28. The van der Waals surface area contributed by atoms with Crippen LogP contribution in [0.1, 0.15) is 0 Å². The standard InChI is InChI=1S/C7H6ClFN2O2/c8-5-4(11-7(12)13)2-1-3(9)6(5)10/h1-2,11H,10H2,(H,12,13). The van der Waals surface area contributed by atoms with Crippen molar-refractivity contribution in [3.63, 3.8) is 0 Å². The Morgan fingerprint density at radius 2 is 2.23 bits per heavy atom. The molecule has 0 atom stereocenters. The lowest BCUT2D eigenvalue weighted by Crippen LogP contribution is -2.08. The Balaban J connectivity index is 3.10. The number of anilines is 2. The van der Waals surface area contributed by atoms with Crippen LogP contribution in [0.25, 0.3) is 0 Å². The molecule has 4 N–H and O–H groups in total. The van der Waals surface area contributed by atoms with Crippen molar-refractivity contribution in [2.24, 2.45) is 0 Å². The van der Waals surface area contributed by atoms with E-state index in [1.54, 1.807) is 0 Å². The summed E-state index contributed by atoms with van der Waals surface area (Å²) in [6, 6.07) is 2.23. The normalized spacial score (nSPS) is 9.69. The number of hydrogen-bond donors (Lipinski definition) is 3. The highest BCUT2D eigenvalue weighted by atomic mass is 35.5. The summed E-state index contributed by atoms with van der Waals surface area (Å²) in [4.78, 5) is 10.2. The highest BCUT2D eigenvalue weighted by molar-refractivity contribution is 6.36. The fourth-order valence-electron chi connectivity index (χ4n) is 0.781. The van der Waals surface area contributed by atoms with Crippen molar-refractivity contribution in [1.82, 2.24) is 0 Å². The molecule has 0 aromatic heterocycles. The van der Waals surface area contributed by atoms with E-state index in [1.165, 1.54) is 6.07 Å². The summed E-state index contributed by atoms with van der Waals surface area (Å²) in [5.74, 6) is -0.680. The van der Waals surface area contributed by atoms with Gasteiger partial charge in [-0.2, -0.15) is 0 Å². The Hall–Kier alpha value is -1.49. The lowest BCUT2D eigenvalue weighted by atomic mass is 10.2. The monoisotopic (exact) mass is 204 g/mol. The number of carboxylic acid groups (broad SMARTS) is 1. The van der Waals surface area contributed by atoms with E-state index < -0.39 is 11.9 Å². The van der Waals surface area contributed by atoms with E-state index in [9.17, 15) is 9.18 Å². The first-order chi connectivity index (χ1) is 6.02. The maximum absolute atomic E-state index is 12.7. The van der Waals surface area contributed by atoms with Gasteiger partial charge in [0.2, 0.25) is 0 Å². The first-order valence-corrected chi connectivity index (χ1v) is 3.63. The van der Waals surface area contributed by atoms with Gasteiger partial charge in [0.1, 0.15) is 5.82 Å². The van der Waals surface area contributed by atoms with Crippen LogP contribution >= 0.6 is 11.6 Å². The van der Waals surface area contributed by atoms with Crippen molar-refractivity contribution in [2.45, 2.75) is 0 Å². The second kappa shape index (κ2) is 3.49. The molecule has 0 radical (unpaired) electrons. The molecule has 0 saturated heterocycles. The van der Waals surface area contributed by atoms with Gasteiger partial charge < -0.3 is 10.8 Å². The van der Waals surface area contributed by atoms with Crippen molar-refractivity contribution in [3.05, 3.63) is 23.0 Å². The fraction of sp³-hybridized carbons (Fsp3) is 0. The van der Waals surface area contributed by atoms with E-state index in [0.717, 1.165) is 6.07 Å². The molecule has 1 aromatic rings. The predicted octanol–water partition coefficient (Wildman–Crippen LogP) is 2.15. The SMILES string of the molecule is Nc1c(F)ccc(NC(=O)O)c1Cl. The molecule has 0 heterocycles. The number of amides is 1. The molecule has 70 valence electrons. The van der Waals surface area contributed by atoms with Crippen LogP contribution in [0.4, 0.5) is 20.6 Å². The highest BCUT2D eigenvalue weighted by Gasteiger charge is 2.09. The first-order valence-electron chi connectivity index (χ1n) is 3.26. The van der Waals surface area contributed by atoms with Crippen molar-refractivity contribution in [1.29, 1.82) is 0 Å². The van der Waals surface area contributed by atoms with E-state index in [0.29, 0.717) is 0 Å². The number of hydrogen-bond acceptors (Lipinski definition) is 2. The largest absolute Gasteiger partial charge is 0.465 e. The van der Waals surface area contributed by atoms with Crippen LogP contribution < -0.4 is 11.1 Å². The van der Waals surface area contributed by atoms with E-state index in [-0.39, 0.29) is 16.4 Å². The van der Waals surface area contributed by atoms with E-state index in [4.69, 9.17) is 22.4 Å². The Morgan fingerprint density at radius 1 is 1.62 bits per heavy atom. The molecular weight excluding hydrogens is 199 g/mol. The second-order valence-electron chi connectivity index (χ2n) is 2.25. The van der Waals surface area contributed by atoms with Crippen LogP contribution in [0.2, 0.25) is 5.02 Å². The predicted molar refractivity (Wildman–Crippen MR) is 47.5 cm³/mol. The molecule has 1 amide bonds. The third-order valence-electron chi connectivity index (χ3n) is 1.37. The van der Waals surface area contributed by atoms with Crippen molar-refractivity contribution < 1.29 is 14.3 Å². The third kappa shape index (κ3) is 2.00. The van der Waals surface area contributed by atoms with Crippen LogP contribution in [-0.2, 0) is 0 Å². The summed E-state index contributed by atoms with van der Waals surface area (Å²) in [6.45, 7) is 0. The second-order valence-corrected chi connectivity index (χ2v) is 2.63. The zero-order valence-corrected chi connectivity index (χ0v) is 7.10. The minimum Gasteiger partial charge on any atom is -0.465 e. The van der Waals surface area contributed by atoms with Gasteiger partial charge >= 0.3 is 6.09 Å². The molecule has 0 fully saturated rings. The number of benzene rings is 1. The van der Waals surface area contributed by atoms with E-state index in [1.807, 2.05) is 5.32 Å². The third-order valence-corrected chi connectivity index (χ3v) is 1.78. The Labute approximate surface area is 78.1 Å². The van der Waals surface area contributed by atoms with Crippen LogP contribution in [0, 0.1) is 5.82 Å². The summed E-state index contributed by atoms with van der Waals surface area (Å²) in [5.41, 5.74) is 5.01. The number of carbonyl (C=O) groups is 1. The smallest absolute Gasteiger partial charge is 0.409 e. The van der Waals surface area contributed by atoms with Gasteiger partial charge in [0.15, 0.2) is 0 Å². The maximum Gasteiger partial charge on any atom is 0.409 e. The molecule has 1 rings (SSSR count). The van der Waals surface area contributed by atoms with Crippen LogP contribution in [-0.4, -0.2) is 11.2 Å². The van der Waals surface area contributed by atoms with Gasteiger partial charge in [0.05, 0.1) is 16.4 Å². The minimum absolute atomic E-state index is 0.0630. The molecule has 0 saturated carbocycles. The molecular formula is C7H6ClFN2O2. The molecule has 0 unspecified atom stereocenters. The number of nitrogens with two attached hydrogens (primary N) is 1. The quantitative estimate of drug-likeness (QED) is 0.614. The number of nitrogen functional groups attached to an aromatic ring is 1. The molecule has 0 aliphatic rings. The molecule has 6 heteroatoms. The fourth-order valence-corrected chi connectivity index (χ4v) is 0.982. The Morgan fingerprint density at radius 3 is 2.77 bits per heavy atom. The van der Waals surface area contributed by atoms with Gasteiger partial charge in [-0.25, -0.2) is 9.18 Å². The van der Waals surface area contributed by atoms with E-state index >= 15 is 0 Å². The van der Waals surface area contributed by atoms with Crippen molar-refractivity contribution >= 4 is 29.1 Å². The van der Waals surface area contributed by atoms with Gasteiger partial charge in [-0.3, -0.25) is 5.32 Å². The Bertz CT molecular complexity index is 357.